The second kappa shape index (κ2) is 3.02. The van der Waals surface area contributed by atoms with Gasteiger partial charge in [0.25, 0.3) is 0 Å². The van der Waals surface area contributed by atoms with Crippen molar-refractivity contribution in [2.24, 2.45) is 4.99 Å². The van der Waals surface area contributed by atoms with E-state index < -0.39 is 0 Å². The molecule has 0 N–H and O–H groups in total. The van der Waals surface area contributed by atoms with Crippen LogP contribution in [0.1, 0.15) is 18.1 Å². The average molecular weight is 224 g/mol. The van der Waals surface area contributed by atoms with Gasteiger partial charge in [-0.25, -0.2) is 0 Å². The highest BCUT2D eigenvalue weighted by Gasteiger charge is 2.09. The molecule has 0 amide bonds. The Labute approximate surface area is 80.6 Å². The van der Waals surface area contributed by atoms with Gasteiger partial charge in [-0.05, 0) is 36.6 Å². The highest BCUT2D eigenvalue weighted by molar-refractivity contribution is 9.10. The third-order valence-electron chi connectivity index (χ3n) is 2.19. The second-order valence-corrected chi connectivity index (χ2v) is 3.93. The molecule has 0 atom stereocenters. The monoisotopic (exact) mass is 223 g/mol. The fraction of sp³-hybridized carbons (Fsp3) is 0.300. The van der Waals surface area contributed by atoms with Crippen LogP contribution in [0.25, 0.3) is 0 Å². The van der Waals surface area contributed by atoms with Crippen LogP contribution in [-0.2, 0) is 6.42 Å². The van der Waals surface area contributed by atoms with Crippen molar-refractivity contribution in [1.82, 2.24) is 0 Å². The molecule has 2 heteroatoms. The van der Waals surface area contributed by atoms with E-state index in [4.69, 9.17) is 0 Å². The van der Waals surface area contributed by atoms with Gasteiger partial charge in [-0.15, -0.1) is 0 Å². The van der Waals surface area contributed by atoms with E-state index in [0.29, 0.717) is 0 Å². The first-order chi connectivity index (χ1) is 5.77. The average Bonchev–Trinajstić information content (AvgIpc) is 2.04. The van der Waals surface area contributed by atoms with Gasteiger partial charge in [-0.1, -0.05) is 22.0 Å². The molecule has 0 unspecified atom stereocenters. The summed E-state index contributed by atoms with van der Waals surface area (Å²) in [6.07, 6.45) is 1.08. The van der Waals surface area contributed by atoms with Crippen LogP contribution < -0.4 is 0 Å². The number of halogens is 1. The first-order valence-electron chi connectivity index (χ1n) is 4.07. The van der Waals surface area contributed by atoms with Crippen LogP contribution in [0.4, 0.5) is 0 Å². The minimum absolute atomic E-state index is 0.940. The van der Waals surface area contributed by atoms with Gasteiger partial charge in [-0.3, -0.25) is 4.99 Å². The van der Waals surface area contributed by atoms with E-state index in [2.05, 4.69) is 46.0 Å². The molecule has 1 aliphatic rings. The predicted molar refractivity (Wildman–Crippen MR) is 54.9 cm³/mol. The van der Waals surface area contributed by atoms with Crippen molar-refractivity contribution in [2.75, 3.05) is 6.54 Å². The molecule has 1 heterocycles. The summed E-state index contributed by atoms with van der Waals surface area (Å²) in [6.45, 7) is 3.02. The van der Waals surface area contributed by atoms with E-state index >= 15 is 0 Å². The molecule has 62 valence electrons. The van der Waals surface area contributed by atoms with Crippen LogP contribution in [0.5, 0.6) is 0 Å². The zero-order valence-electron chi connectivity index (χ0n) is 6.97. The molecular formula is C10H10BrN. The molecule has 0 aromatic heterocycles. The summed E-state index contributed by atoms with van der Waals surface area (Å²) >= 11 is 3.47. The Balaban J connectivity index is 2.56. The predicted octanol–water partition coefficient (Wildman–Crippen LogP) is 2.81. The van der Waals surface area contributed by atoms with Crippen molar-refractivity contribution in [3.05, 3.63) is 33.8 Å². The summed E-state index contributed by atoms with van der Waals surface area (Å²) in [6, 6.07) is 6.40. The Hall–Kier alpha value is -0.630. The van der Waals surface area contributed by atoms with Crippen LogP contribution in [0.2, 0.25) is 0 Å². The van der Waals surface area contributed by atoms with E-state index in [-0.39, 0.29) is 0 Å². The van der Waals surface area contributed by atoms with Crippen molar-refractivity contribution >= 4 is 21.6 Å². The molecule has 1 nitrogen and oxygen atoms in total. The lowest BCUT2D eigenvalue weighted by Crippen LogP contribution is -2.09. The third kappa shape index (κ3) is 1.31. The zero-order chi connectivity index (χ0) is 8.55. The first kappa shape index (κ1) is 7.99. The molecule has 0 saturated heterocycles. The number of benzene rings is 1. The zero-order valence-corrected chi connectivity index (χ0v) is 8.56. The molecule has 0 saturated carbocycles. The lowest BCUT2D eigenvalue weighted by atomic mass is 9.99. The Morgan fingerprint density at radius 2 is 2.25 bits per heavy atom. The number of rotatable bonds is 0. The fourth-order valence-corrected chi connectivity index (χ4v) is 1.96. The van der Waals surface area contributed by atoms with Crippen LogP contribution in [0.3, 0.4) is 0 Å². The van der Waals surface area contributed by atoms with Gasteiger partial charge in [0.15, 0.2) is 0 Å². The van der Waals surface area contributed by atoms with Crippen molar-refractivity contribution in [1.29, 1.82) is 0 Å². The Kier molecular flexibility index (Phi) is 2.01. The van der Waals surface area contributed by atoms with Crippen LogP contribution in [-0.4, -0.2) is 12.3 Å². The summed E-state index contributed by atoms with van der Waals surface area (Å²) in [4.78, 5) is 4.40. The molecular weight excluding hydrogens is 214 g/mol. The van der Waals surface area contributed by atoms with E-state index in [1.807, 2.05) is 0 Å². The minimum atomic E-state index is 0.940. The van der Waals surface area contributed by atoms with Crippen molar-refractivity contribution in [2.45, 2.75) is 13.3 Å². The number of hydrogen-bond acceptors (Lipinski definition) is 1. The molecule has 1 aromatic carbocycles. The maximum atomic E-state index is 4.40. The summed E-state index contributed by atoms with van der Waals surface area (Å²) in [5.41, 5.74) is 3.89. The smallest absolute Gasteiger partial charge is 0.0433 e. The molecule has 1 aliphatic heterocycles. The van der Waals surface area contributed by atoms with Gasteiger partial charge in [-0.2, -0.15) is 0 Å². The summed E-state index contributed by atoms with van der Waals surface area (Å²) in [5.74, 6) is 0. The Morgan fingerprint density at radius 1 is 1.42 bits per heavy atom. The lowest BCUT2D eigenvalue weighted by Gasteiger charge is -2.13. The maximum absolute atomic E-state index is 4.40. The molecule has 0 aliphatic carbocycles. The second-order valence-electron chi connectivity index (χ2n) is 3.02. The lowest BCUT2D eigenvalue weighted by molar-refractivity contribution is 0.940. The van der Waals surface area contributed by atoms with Crippen molar-refractivity contribution in [3.63, 3.8) is 0 Å². The van der Waals surface area contributed by atoms with E-state index in [0.717, 1.165) is 17.4 Å². The van der Waals surface area contributed by atoms with E-state index in [9.17, 15) is 0 Å². The molecule has 0 radical (unpaired) electrons. The van der Waals surface area contributed by atoms with Crippen LogP contribution in [0.15, 0.2) is 27.7 Å². The van der Waals surface area contributed by atoms with Gasteiger partial charge in [0, 0.05) is 16.7 Å². The normalized spacial score (nSPS) is 15.3. The third-order valence-corrected chi connectivity index (χ3v) is 2.68. The van der Waals surface area contributed by atoms with Gasteiger partial charge in [0.2, 0.25) is 0 Å². The minimum Gasteiger partial charge on any atom is -0.289 e. The molecule has 2 rings (SSSR count). The molecule has 0 bridgehead atoms. The molecule has 0 spiro atoms. The van der Waals surface area contributed by atoms with Crippen molar-refractivity contribution in [3.8, 4) is 0 Å². The highest BCUT2D eigenvalue weighted by atomic mass is 79.9. The Bertz CT molecular complexity index is 342. The van der Waals surface area contributed by atoms with Gasteiger partial charge in [0.05, 0.1) is 0 Å². The summed E-state index contributed by atoms with van der Waals surface area (Å²) in [7, 11) is 0. The Morgan fingerprint density at radius 3 is 3.08 bits per heavy atom. The van der Waals surface area contributed by atoms with E-state index in [1.165, 1.54) is 16.8 Å². The number of aliphatic imine (C=N–C) groups is 1. The largest absolute Gasteiger partial charge is 0.289 e. The summed E-state index contributed by atoms with van der Waals surface area (Å²) < 4.78 is 1.16. The molecule has 1 aromatic rings. The topological polar surface area (TPSA) is 12.4 Å². The van der Waals surface area contributed by atoms with Gasteiger partial charge in [0.1, 0.15) is 0 Å². The van der Waals surface area contributed by atoms with Crippen LogP contribution in [0, 0.1) is 0 Å². The van der Waals surface area contributed by atoms with Gasteiger partial charge < -0.3 is 0 Å². The first-order valence-corrected chi connectivity index (χ1v) is 4.86. The summed E-state index contributed by atoms with van der Waals surface area (Å²) in [5, 5.41) is 0. The molecule has 0 fully saturated rings. The highest BCUT2D eigenvalue weighted by Crippen LogP contribution is 2.20. The number of nitrogens with zero attached hydrogens (tertiary/aromatic N) is 1. The molecule has 12 heavy (non-hydrogen) atoms. The number of fused-ring (bicyclic) bond motifs is 1. The SMILES string of the molecule is CC1=NCCc2cc(Br)ccc21. The van der Waals surface area contributed by atoms with Gasteiger partial charge >= 0.3 is 0 Å². The fourth-order valence-electron chi connectivity index (χ4n) is 1.55. The maximum Gasteiger partial charge on any atom is 0.0433 e. The van der Waals surface area contributed by atoms with Crippen molar-refractivity contribution < 1.29 is 0 Å². The number of hydrogen-bond donors (Lipinski definition) is 0. The quantitative estimate of drug-likeness (QED) is 0.642. The van der Waals surface area contributed by atoms with Crippen LogP contribution >= 0.6 is 15.9 Å². The van der Waals surface area contributed by atoms with E-state index in [1.54, 1.807) is 0 Å². The standard InChI is InChI=1S/C10H10BrN/c1-7-10-3-2-9(11)6-8(10)4-5-12-7/h2-3,6H,4-5H2,1H3.